The zero-order chi connectivity index (χ0) is 22.2. The van der Waals surface area contributed by atoms with Crippen molar-refractivity contribution in [3.63, 3.8) is 0 Å². The van der Waals surface area contributed by atoms with Crippen LogP contribution in [-0.4, -0.2) is 47.6 Å². The maximum Gasteiger partial charge on any atom is 0.313 e. The second-order valence-electron chi connectivity index (χ2n) is 6.94. The molecule has 0 saturated heterocycles. The quantitative estimate of drug-likeness (QED) is 0.395. The van der Waals surface area contributed by atoms with Gasteiger partial charge in [0.25, 0.3) is 0 Å². The first kappa shape index (κ1) is 22.8. The van der Waals surface area contributed by atoms with E-state index >= 15 is 0 Å². The Morgan fingerprint density at radius 2 is 1.80 bits per heavy atom. The topological polar surface area (TPSA) is 87.6 Å². The highest BCUT2D eigenvalue weighted by atomic mass is 35.5. The van der Waals surface area contributed by atoms with E-state index in [2.05, 4.69) is 0 Å². The zero-order valence-corrected chi connectivity index (χ0v) is 19.6. The van der Waals surface area contributed by atoms with Gasteiger partial charge >= 0.3 is 5.97 Å². The number of rotatable bonds is 7. The molecule has 1 aromatic heterocycles. The molecule has 3 rings (SSSR count). The van der Waals surface area contributed by atoms with Crippen molar-refractivity contribution in [3.8, 4) is 0 Å². The predicted molar refractivity (Wildman–Crippen MR) is 122 cm³/mol. The first-order valence-electron chi connectivity index (χ1n) is 9.49. The van der Waals surface area contributed by atoms with Crippen molar-refractivity contribution < 1.29 is 18.3 Å². The standard InChI is InChI=1S/C21H23ClN2O4S2/c1-5-24(6-2)30(27,28)17-9-14-16(10-15(17)22)23-20-13(4)8-7-12(3)19(20)21(14)29-11-18(25)26/h7-10H,5-6,11H2,1-4H3,(H,25,26). The summed E-state index contributed by atoms with van der Waals surface area (Å²) < 4.78 is 27.6. The van der Waals surface area contributed by atoms with Crippen molar-refractivity contribution in [1.29, 1.82) is 0 Å². The number of carboxylic acids is 1. The average molecular weight is 467 g/mol. The highest BCUT2D eigenvalue weighted by molar-refractivity contribution is 8.00. The van der Waals surface area contributed by atoms with Gasteiger partial charge in [-0.2, -0.15) is 4.31 Å². The number of hydrogen-bond donors (Lipinski definition) is 1. The number of sulfonamides is 1. The van der Waals surface area contributed by atoms with Crippen LogP contribution in [-0.2, 0) is 14.8 Å². The van der Waals surface area contributed by atoms with Gasteiger partial charge in [-0.3, -0.25) is 4.79 Å². The Morgan fingerprint density at radius 1 is 1.17 bits per heavy atom. The molecule has 0 atom stereocenters. The number of carbonyl (C=O) groups is 1. The molecule has 0 aliphatic heterocycles. The van der Waals surface area contributed by atoms with Crippen molar-refractivity contribution in [2.24, 2.45) is 0 Å². The van der Waals surface area contributed by atoms with Crippen LogP contribution in [0, 0.1) is 13.8 Å². The molecule has 0 aliphatic carbocycles. The lowest BCUT2D eigenvalue weighted by Crippen LogP contribution is -2.30. The molecule has 2 aromatic carbocycles. The molecule has 0 spiro atoms. The number of pyridine rings is 1. The summed E-state index contributed by atoms with van der Waals surface area (Å²) in [4.78, 5) is 16.7. The summed E-state index contributed by atoms with van der Waals surface area (Å²) in [7, 11) is -3.79. The minimum atomic E-state index is -3.79. The lowest BCUT2D eigenvalue weighted by atomic mass is 10.0. The Labute approximate surface area is 185 Å². The third-order valence-electron chi connectivity index (χ3n) is 5.01. The summed E-state index contributed by atoms with van der Waals surface area (Å²) in [5.74, 6) is -1.10. The van der Waals surface area contributed by atoms with Gasteiger partial charge in [0, 0.05) is 28.8 Å². The van der Waals surface area contributed by atoms with E-state index in [0.717, 1.165) is 33.8 Å². The van der Waals surface area contributed by atoms with E-state index in [-0.39, 0.29) is 15.7 Å². The molecule has 0 radical (unpaired) electrons. The van der Waals surface area contributed by atoms with E-state index in [1.165, 1.54) is 10.4 Å². The van der Waals surface area contributed by atoms with Gasteiger partial charge in [-0.15, -0.1) is 11.8 Å². The molecule has 6 nitrogen and oxygen atoms in total. The fraction of sp³-hybridized carbons (Fsp3) is 0.333. The van der Waals surface area contributed by atoms with E-state index in [4.69, 9.17) is 16.6 Å². The lowest BCUT2D eigenvalue weighted by molar-refractivity contribution is -0.133. The summed E-state index contributed by atoms with van der Waals surface area (Å²) in [5.41, 5.74) is 3.19. The number of nitrogens with zero attached hydrogens (tertiary/aromatic N) is 2. The molecular weight excluding hydrogens is 444 g/mol. The minimum absolute atomic E-state index is 0.00370. The van der Waals surface area contributed by atoms with E-state index < -0.39 is 16.0 Å². The van der Waals surface area contributed by atoms with Gasteiger partial charge in [-0.05, 0) is 37.1 Å². The van der Waals surface area contributed by atoms with Gasteiger partial charge in [0.2, 0.25) is 10.0 Å². The summed E-state index contributed by atoms with van der Waals surface area (Å²) in [6.07, 6.45) is 0. The van der Waals surface area contributed by atoms with Crippen molar-refractivity contribution in [1.82, 2.24) is 9.29 Å². The van der Waals surface area contributed by atoms with Crippen molar-refractivity contribution in [2.45, 2.75) is 37.5 Å². The summed E-state index contributed by atoms with van der Waals surface area (Å²) in [6, 6.07) is 7.01. The SMILES string of the molecule is CCN(CC)S(=O)(=O)c1cc2c(SCC(=O)O)c3c(C)ccc(C)c3nc2cc1Cl. The molecule has 0 bridgehead atoms. The van der Waals surface area contributed by atoms with Gasteiger partial charge in [0.05, 0.1) is 21.8 Å². The fourth-order valence-electron chi connectivity index (χ4n) is 3.48. The molecule has 160 valence electrons. The molecule has 0 saturated carbocycles. The van der Waals surface area contributed by atoms with Gasteiger partial charge in [0.15, 0.2) is 0 Å². The molecule has 0 aliphatic rings. The number of fused-ring (bicyclic) bond motifs is 2. The van der Waals surface area contributed by atoms with E-state index in [0.29, 0.717) is 28.9 Å². The number of thioether (sulfide) groups is 1. The fourth-order valence-corrected chi connectivity index (χ4v) is 6.45. The number of aryl methyl sites for hydroxylation is 2. The van der Waals surface area contributed by atoms with Gasteiger partial charge in [0.1, 0.15) is 4.90 Å². The van der Waals surface area contributed by atoms with Crippen molar-refractivity contribution in [3.05, 3.63) is 40.4 Å². The maximum atomic E-state index is 13.1. The highest BCUT2D eigenvalue weighted by Crippen LogP contribution is 2.40. The minimum Gasteiger partial charge on any atom is -0.481 e. The first-order valence-corrected chi connectivity index (χ1v) is 12.3. The molecule has 0 fully saturated rings. The van der Waals surface area contributed by atoms with Crippen LogP contribution < -0.4 is 0 Å². The Morgan fingerprint density at radius 3 is 2.40 bits per heavy atom. The Balaban J connectivity index is 2.43. The summed E-state index contributed by atoms with van der Waals surface area (Å²) >= 11 is 7.57. The Bertz CT molecular complexity index is 1260. The third-order valence-corrected chi connectivity index (χ3v) is 8.62. The number of carboxylic acid groups (broad SMARTS) is 1. The highest BCUT2D eigenvalue weighted by Gasteiger charge is 2.26. The van der Waals surface area contributed by atoms with Crippen LogP contribution in [0.1, 0.15) is 25.0 Å². The number of halogens is 1. The average Bonchev–Trinajstić information content (AvgIpc) is 2.68. The molecule has 0 amide bonds. The van der Waals surface area contributed by atoms with Gasteiger partial charge in [-0.1, -0.05) is 37.6 Å². The van der Waals surface area contributed by atoms with Crippen LogP contribution in [0.15, 0.2) is 34.1 Å². The molecule has 1 N–H and O–H groups in total. The molecule has 9 heteroatoms. The zero-order valence-electron chi connectivity index (χ0n) is 17.2. The normalized spacial score (nSPS) is 12.2. The lowest BCUT2D eigenvalue weighted by Gasteiger charge is -2.20. The van der Waals surface area contributed by atoms with Gasteiger partial charge in [-0.25, -0.2) is 13.4 Å². The molecule has 30 heavy (non-hydrogen) atoms. The van der Waals surface area contributed by atoms with E-state index in [9.17, 15) is 18.3 Å². The molecule has 0 unspecified atom stereocenters. The van der Waals surface area contributed by atoms with Gasteiger partial charge < -0.3 is 5.11 Å². The van der Waals surface area contributed by atoms with Crippen LogP contribution >= 0.6 is 23.4 Å². The van der Waals surface area contributed by atoms with Crippen LogP contribution in [0.25, 0.3) is 21.8 Å². The Hall–Kier alpha value is -1.87. The second kappa shape index (κ2) is 8.70. The Kier molecular flexibility index (Phi) is 6.62. The number of aliphatic carboxylic acids is 1. The number of benzene rings is 2. The van der Waals surface area contributed by atoms with Crippen LogP contribution in [0.2, 0.25) is 5.02 Å². The number of aromatic nitrogens is 1. The predicted octanol–water partition coefficient (Wildman–Crippen LogP) is 4.87. The number of hydrogen-bond acceptors (Lipinski definition) is 5. The van der Waals surface area contributed by atoms with Crippen LogP contribution in [0.3, 0.4) is 0 Å². The summed E-state index contributed by atoms with van der Waals surface area (Å²) in [5, 5.41) is 10.8. The van der Waals surface area contributed by atoms with E-state index in [1.54, 1.807) is 19.9 Å². The molecular formula is C21H23ClN2O4S2. The second-order valence-corrected chi connectivity index (χ2v) is 10.2. The third kappa shape index (κ3) is 4.01. The maximum absolute atomic E-state index is 13.1. The first-order chi connectivity index (χ1) is 14.1. The molecule has 1 heterocycles. The van der Waals surface area contributed by atoms with E-state index in [1.807, 2.05) is 26.0 Å². The summed E-state index contributed by atoms with van der Waals surface area (Å²) in [6.45, 7) is 8.05. The molecule has 3 aromatic rings. The monoisotopic (exact) mass is 466 g/mol. The largest absolute Gasteiger partial charge is 0.481 e. The van der Waals surface area contributed by atoms with Crippen LogP contribution in [0.5, 0.6) is 0 Å². The smallest absolute Gasteiger partial charge is 0.313 e. The van der Waals surface area contributed by atoms with Crippen molar-refractivity contribution in [2.75, 3.05) is 18.8 Å². The van der Waals surface area contributed by atoms with Crippen LogP contribution in [0.4, 0.5) is 0 Å². The van der Waals surface area contributed by atoms with Crippen molar-refractivity contribution >= 4 is 61.2 Å².